The predicted octanol–water partition coefficient (Wildman–Crippen LogP) is 0.362. The summed E-state index contributed by atoms with van der Waals surface area (Å²) in [6.07, 6.45) is 0.999. The first-order chi connectivity index (χ1) is 9.08. The third-order valence-electron chi connectivity index (χ3n) is 2.54. The second kappa shape index (κ2) is 5.87. The molecular formula is C11H13FN2O4S2. The standard InChI is InChI=1S/C11H13FN2O4S2/c1-14(5-6-19(2,15)16)20(17,18)10-3-4-11(12)9(7-10)8-13/h3-4,7H,5-6H2,1-2H3. The summed E-state index contributed by atoms with van der Waals surface area (Å²) >= 11 is 0. The SMILES string of the molecule is CN(CCS(C)(=O)=O)S(=O)(=O)c1ccc(F)c(C#N)c1. The molecule has 0 spiro atoms. The Balaban J connectivity index is 3.08. The van der Waals surface area contributed by atoms with Crippen molar-refractivity contribution in [3.8, 4) is 6.07 Å². The average molecular weight is 320 g/mol. The quantitative estimate of drug-likeness (QED) is 0.780. The minimum atomic E-state index is -3.96. The van der Waals surface area contributed by atoms with Crippen molar-refractivity contribution < 1.29 is 21.2 Å². The van der Waals surface area contributed by atoms with E-state index in [4.69, 9.17) is 5.26 Å². The number of halogens is 1. The summed E-state index contributed by atoms with van der Waals surface area (Å²) in [6.45, 7) is -0.222. The Morgan fingerprint density at radius 1 is 1.30 bits per heavy atom. The first-order valence-electron chi connectivity index (χ1n) is 5.41. The Kier molecular flexibility index (Phi) is 4.86. The topological polar surface area (TPSA) is 95.3 Å². The van der Waals surface area contributed by atoms with Crippen molar-refractivity contribution in [2.24, 2.45) is 0 Å². The van der Waals surface area contributed by atoms with Crippen LogP contribution < -0.4 is 0 Å². The Labute approximate surface area is 117 Å². The molecule has 0 fully saturated rings. The van der Waals surface area contributed by atoms with E-state index in [0.29, 0.717) is 0 Å². The maximum Gasteiger partial charge on any atom is 0.242 e. The van der Waals surface area contributed by atoms with Gasteiger partial charge in [0.15, 0.2) is 0 Å². The van der Waals surface area contributed by atoms with Crippen LogP contribution in [0, 0.1) is 17.1 Å². The lowest BCUT2D eigenvalue weighted by atomic mass is 10.2. The number of sulfonamides is 1. The van der Waals surface area contributed by atoms with Crippen molar-refractivity contribution in [1.82, 2.24) is 4.31 Å². The van der Waals surface area contributed by atoms with Crippen molar-refractivity contribution in [1.29, 1.82) is 5.26 Å². The average Bonchev–Trinajstić information content (AvgIpc) is 2.35. The normalized spacial score (nSPS) is 12.3. The molecule has 0 aliphatic carbocycles. The molecule has 0 bridgehead atoms. The minimum Gasteiger partial charge on any atom is -0.229 e. The van der Waals surface area contributed by atoms with E-state index in [1.54, 1.807) is 6.07 Å². The van der Waals surface area contributed by atoms with Gasteiger partial charge >= 0.3 is 0 Å². The zero-order valence-corrected chi connectivity index (χ0v) is 12.5. The Morgan fingerprint density at radius 3 is 2.40 bits per heavy atom. The van der Waals surface area contributed by atoms with Gasteiger partial charge in [-0.05, 0) is 18.2 Å². The second-order valence-electron chi connectivity index (χ2n) is 4.21. The Hall–Kier alpha value is -1.50. The van der Waals surface area contributed by atoms with Gasteiger partial charge in [-0.25, -0.2) is 21.2 Å². The number of benzene rings is 1. The molecule has 0 heterocycles. The largest absolute Gasteiger partial charge is 0.242 e. The van der Waals surface area contributed by atoms with E-state index in [1.165, 1.54) is 7.05 Å². The van der Waals surface area contributed by atoms with Crippen LogP contribution in [0.2, 0.25) is 0 Å². The summed E-state index contributed by atoms with van der Waals surface area (Å²) in [4.78, 5) is -0.258. The van der Waals surface area contributed by atoms with Crippen LogP contribution in [0.1, 0.15) is 5.56 Å². The van der Waals surface area contributed by atoms with Crippen LogP contribution in [-0.2, 0) is 19.9 Å². The zero-order valence-electron chi connectivity index (χ0n) is 10.9. The van der Waals surface area contributed by atoms with Crippen molar-refractivity contribution in [2.45, 2.75) is 4.90 Å². The van der Waals surface area contributed by atoms with E-state index in [9.17, 15) is 21.2 Å². The van der Waals surface area contributed by atoms with Gasteiger partial charge in [-0.3, -0.25) is 0 Å². The molecule has 0 N–H and O–H groups in total. The second-order valence-corrected chi connectivity index (χ2v) is 8.51. The first kappa shape index (κ1) is 16.6. The van der Waals surface area contributed by atoms with Gasteiger partial charge < -0.3 is 0 Å². The van der Waals surface area contributed by atoms with E-state index in [2.05, 4.69) is 0 Å². The van der Waals surface area contributed by atoms with E-state index in [1.807, 2.05) is 0 Å². The molecule has 1 aromatic rings. The molecule has 1 rings (SSSR count). The van der Waals surface area contributed by atoms with Crippen LogP contribution in [0.4, 0.5) is 4.39 Å². The number of hydrogen-bond donors (Lipinski definition) is 0. The van der Waals surface area contributed by atoms with Gasteiger partial charge in [0.2, 0.25) is 10.0 Å². The van der Waals surface area contributed by atoms with Gasteiger partial charge in [0.25, 0.3) is 0 Å². The summed E-state index contributed by atoms with van der Waals surface area (Å²) in [6, 6.07) is 4.38. The fraction of sp³-hybridized carbons (Fsp3) is 0.364. The molecule has 0 atom stereocenters. The third kappa shape index (κ3) is 4.00. The zero-order chi connectivity index (χ0) is 15.6. The number of rotatable bonds is 5. The molecular weight excluding hydrogens is 307 g/mol. The monoisotopic (exact) mass is 320 g/mol. The maximum absolute atomic E-state index is 13.2. The van der Waals surface area contributed by atoms with Crippen molar-refractivity contribution in [3.05, 3.63) is 29.6 Å². The van der Waals surface area contributed by atoms with Crippen LogP contribution in [0.5, 0.6) is 0 Å². The molecule has 0 aliphatic heterocycles. The highest BCUT2D eigenvalue weighted by Crippen LogP contribution is 2.17. The van der Waals surface area contributed by atoms with Gasteiger partial charge in [0, 0.05) is 19.8 Å². The molecule has 0 amide bonds. The van der Waals surface area contributed by atoms with E-state index >= 15 is 0 Å². The molecule has 110 valence electrons. The van der Waals surface area contributed by atoms with Crippen molar-refractivity contribution >= 4 is 19.9 Å². The summed E-state index contributed by atoms with van der Waals surface area (Å²) in [7, 11) is -6.04. The Bertz CT molecular complexity index is 751. The molecule has 0 aromatic heterocycles. The van der Waals surface area contributed by atoms with Gasteiger partial charge in [-0.1, -0.05) is 0 Å². The molecule has 0 radical (unpaired) electrons. The molecule has 6 nitrogen and oxygen atoms in total. The van der Waals surface area contributed by atoms with E-state index in [0.717, 1.165) is 28.8 Å². The molecule has 1 aromatic carbocycles. The number of hydrogen-bond acceptors (Lipinski definition) is 5. The van der Waals surface area contributed by atoms with Gasteiger partial charge in [0.05, 0.1) is 16.2 Å². The molecule has 20 heavy (non-hydrogen) atoms. The fourth-order valence-electron chi connectivity index (χ4n) is 1.35. The molecule has 0 aliphatic rings. The van der Waals surface area contributed by atoms with Crippen molar-refractivity contribution in [3.63, 3.8) is 0 Å². The lowest BCUT2D eigenvalue weighted by molar-refractivity contribution is 0.484. The number of nitriles is 1. The van der Waals surface area contributed by atoms with Crippen LogP contribution in [-0.4, -0.2) is 46.7 Å². The summed E-state index contributed by atoms with van der Waals surface area (Å²) in [5, 5.41) is 8.68. The summed E-state index contributed by atoms with van der Waals surface area (Å²) in [5.41, 5.74) is -0.386. The molecule has 0 unspecified atom stereocenters. The van der Waals surface area contributed by atoms with E-state index < -0.39 is 25.7 Å². The van der Waals surface area contributed by atoms with Crippen LogP contribution >= 0.6 is 0 Å². The molecule has 0 saturated heterocycles. The van der Waals surface area contributed by atoms with Crippen LogP contribution in [0.15, 0.2) is 23.1 Å². The third-order valence-corrected chi connectivity index (χ3v) is 5.32. The highest BCUT2D eigenvalue weighted by Gasteiger charge is 2.22. The van der Waals surface area contributed by atoms with Gasteiger partial charge in [-0.2, -0.15) is 9.57 Å². The minimum absolute atomic E-state index is 0.222. The highest BCUT2D eigenvalue weighted by atomic mass is 32.2. The highest BCUT2D eigenvalue weighted by molar-refractivity contribution is 7.91. The fourth-order valence-corrected chi connectivity index (χ4v) is 3.26. The summed E-state index contributed by atoms with van der Waals surface area (Å²) < 4.78 is 60.3. The predicted molar refractivity (Wildman–Crippen MR) is 70.6 cm³/mol. The van der Waals surface area contributed by atoms with Crippen LogP contribution in [0.25, 0.3) is 0 Å². The van der Waals surface area contributed by atoms with Crippen molar-refractivity contribution in [2.75, 3.05) is 25.6 Å². The van der Waals surface area contributed by atoms with E-state index in [-0.39, 0.29) is 22.8 Å². The molecule has 0 saturated carbocycles. The lowest BCUT2D eigenvalue weighted by Gasteiger charge is -2.16. The number of sulfone groups is 1. The lowest BCUT2D eigenvalue weighted by Crippen LogP contribution is -2.31. The number of nitrogens with zero attached hydrogens (tertiary/aromatic N) is 2. The summed E-state index contributed by atoms with van der Waals surface area (Å²) in [5.74, 6) is -1.14. The van der Waals surface area contributed by atoms with Gasteiger partial charge in [0.1, 0.15) is 21.7 Å². The Morgan fingerprint density at radius 2 is 1.90 bits per heavy atom. The van der Waals surface area contributed by atoms with Gasteiger partial charge in [-0.15, -0.1) is 0 Å². The maximum atomic E-state index is 13.2. The first-order valence-corrected chi connectivity index (χ1v) is 8.91. The smallest absolute Gasteiger partial charge is 0.229 e. The van der Waals surface area contributed by atoms with Crippen LogP contribution in [0.3, 0.4) is 0 Å². The molecule has 9 heteroatoms.